The minimum Gasteiger partial charge on any atom is -0.481 e. The molecule has 122 valence electrons. The van der Waals surface area contributed by atoms with Crippen molar-refractivity contribution in [3.05, 3.63) is 29.1 Å². The summed E-state index contributed by atoms with van der Waals surface area (Å²) in [6, 6.07) is 4.12. The van der Waals surface area contributed by atoms with E-state index in [1.807, 2.05) is 6.07 Å². The number of aromatic nitrogens is 2. The van der Waals surface area contributed by atoms with E-state index < -0.39 is 11.9 Å². The smallest absolute Gasteiger partial charge is 0.308 e. The highest BCUT2D eigenvalue weighted by Crippen LogP contribution is 2.21. The standard InChI is InChI=1S/C17H21N3O3/c1-10-5-6-13-16(11(10)2)19-14(18-13)4-3-7-20-9-12(17(22)23)8-15(20)21/h5-6,12H,3-4,7-9H2,1-2H3,(H,18,19)(H,22,23)/t12-/m1/s1. The minimum atomic E-state index is -0.885. The number of aliphatic carboxylic acids is 1. The van der Waals surface area contributed by atoms with Gasteiger partial charge in [-0.2, -0.15) is 0 Å². The van der Waals surface area contributed by atoms with E-state index in [0.717, 1.165) is 29.7 Å². The summed E-state index contributed by atoms with van der Waals surface area (Å²) in [6.45, 7) is 5.04. The molecule has 6 nitrogen and oxygen atoms in total. The van der Waals surface area contributed by atoms with Crippen molar-refractivity contribution in [2.45, 2.75) is 33.1 Å². The van der Waals surface area contributed by atoms with Crippen molar-refractivity contribution in [2.75, 3.05) is 13.1 Å². The van der Waals surface area contributed by atoms with E-state index in [4.69, 9.17) is 5.11 Å². The van der Waals surface area contributed by atoms with E-state index in [2.05, 4.69) is 29.9 Å². The summed E-state index contributed by atoms with van der Waals surface area (Å²) in [4.78, 5) is 32.4. The lowest BCUT2D eigenvalue weighted by atomic mass is 10.1. The zero-order chi connectivity index (χ0) is 16.6. The lowest BCUT2D eigenvalue weighted by Gasteiger charge is -2.15. The van der Waals surface area contributed by atoms with E-state index in [1.165, 1.54) is 11.1 Å². The highest BCUT2D eigenvalue weighted by Gasteiger charge is 2.33. The topological polar surface area (TPSA) is 86.3 Å². The molecule has 1 saturated heterocycles. The van der Waals surface area contributed by atoms with Crippen LogP contribution < -0.4 is 0 Å². The molecule has 0 aliphatic carbocycles. The zero-order valence-electron chi connectivity index (χ0n) is 13.4. The Morgan fingerprint density at radius 3 is 2.91 bits per heavy atom. The zero-order valence-corrected chi connectivity index (χ0v) is 13.4. The van der Waals surface area contributed by atoms with Crippen LogP contribution in [0.3, 0.4) is 0 Å². The van der Waals surface area contributed by atoms with Crippen molar-refractivity contribution in [3.63, 3.8) is 0 Å². The number of fused-ring (bicyclic) bond motifs is 1. The fourth-order valence-electron chi connectivity index (χ4n) is 3.07. The van der Waals surface area contributed by atoms with Crippen LogP contribution in [0.4, 0.5) is 0 Å². The van der Waals surface area contributed by atoms with Crippen molar-refractivity contribution in [2.24, 2.45) is 5.92 Å². The number of benzene rings is 1. The molecule has 2 heterocycles. The summed E-state index contributed by atoms with van der Waals surface area (Å²) >= 11 is 0. The molecule has 6 heteroatoms. The molecule has 1 aromatic carbocycles. The van der Waals surface area contributed by atoms with Crippen molar-refractivity contribution < 1.29 is 14.7 Å². The van der Waals surface area contributed by atoms with Gasteiger partial charge in [-0.15, -0.1) is 0 Å². The van der Waals surface area contributed by atoms with Gasteiger partial charge in [-0.1, -0.05) is 6.07 Å². The number of H-pyrrole nitrogens is 1. The van der Waals surface area contributed by atoms with Crippen molar-refractivity contribution >= 4 is 22.9 Å². The summed E-state index contributed by atoms with van der Waals surface area (Å²) in [7, 11) is 0. The number of aromatic amines is 1. The highest BCUT2D eigenvalue weighted by atomic mass is 16.4. The Labute approximate surface area is 134 Å². The van der Waals surface area contributed by atoms with Crippen LogP contribution in [0.25, 0.3) is 11.0 Å². The molecule has 1 aromatic heterocycles. The molecule has 0 saturated carbocycles. The second kappa shape index (κ2) is 6.02. The van der Waals surface area contributed by atoms with Gasteiger partial charge in [0.1, 0.15) is 5.82 Å². The Balaban J connectivity index is 1.60. The van der Waals surface area contributed by atoms with Crippen LogP contribution in [0.15, 0.2) is 12.1 Å². The van der Waals surface area contributed by atoms with Gasteiger partial charge in [0.2, 0.25) is 5.91 Å². The fraction of sp³-hybridized carbons (Fsp3) is 0.471. The number of carboxylic acid groups (broad SMARTS) is 1. The predicted octanol–water partition coefficient (Wildman–Crippen LogP) is 2.05. The molecule has 0 radical (unpaired) electrons. The summed E-state index contributed by atoms with van der Waals surface area (Å²) in [6.07, 6.45) is 1.64. The van der Waals surface area contributed by atoms with E-state index in [-0.39, 0.29) is 12.3 Å². The first-order chi connectivity index (χ1) is 11.0. The molecule has 0 unspecified atom stereocenters. The second-order valence-corrected chi connectivity index (χ2v) is 6.27. The third-order valence-corrected chi connectivity index (χ3v) is 4.63. The maximum absolute atomic E-state index is 11.8. The predicted molar refractivity (Wildman–Crippen MR) is 86.2 cm³/mol. The number of hydrogen-bond acceptors (Lipinski definition) is 3. The van der Waals surface area contributed by atoms with Crippen LogP contribution in [0.5, 0.6) is 0 Å². The van der Waals surface area contributed by atoms with E-state index >= 15 is 0 Å². The number of amides is 1. The van der Waals surface area contributed by atoms with Gasteiger partial charge in [0.05, 0.1) is 17.0 Å². The third-order valence-electron chi connectivity index (χ3n) is 4.63. The monoisotopic (exact) mass is 315 g/mol. The molecule has 0 spiro atoms. The summed E-state index contributed by atoms with van der Waals surface area (Å²) in [5, 5.41) is 8.99. The molecule has 3 rings (SSSR count). The second-order valence-electron chi connectivity index (χ2n) is 6.27. The maximum Gasteiger partial charge on any atom is 0.308 e. The molecule has 1 amide bonds. The van der Waals surface area contributed by atoms with Gasteiger partial charge in [-0.3, -0.25) is 9.59 Å². The van der Waals surface area contributed by atoms with Gasteiger partial charge < -0.3 is 15.0 Å². The van der Waals surface area contributed by atoms with Gasteiger partial charge in [0.15, 0.2) is 0 Å². The van der Waals surface area contributed by atoms with Gasteiger partial charge in [0.25, 0.3) is 0 Å². The molecule has 1 aliphatic rings. The number of rotatable bonds is 5. The molecular formula is C17H21N3O3. The molecule has 23 heavy (non-hydrogen) atoms. The van der Waals surface area contributed by atoms with Crippen LogP contribution >= 0.6 is 0 Å². The molecule has 1 atom stereocenters. The molecule has 2 aromatic rings. The van der Waals surface area contributed by atoms with Gasteiger partial charge >= 0.3 is 5.97 Å². The number of likely N-dealkylation sites (tertiary alicyclic amines) is 1. The normalized spacial score (nSPS) is 18.1. The number of carbonyl (C=O) groups excluding carboxylic acids is 1. The Morgan fingerprint density at radius 2 is 2.22 bits per heavy atom. The number of carbonyl (C=O) groups is 2. The summed E-state index contributed by atoms with van der Waals surface area (Å²) in [5.74, 6) is -0.591. The van der Waals surface area contributed by atoms with Gasteiger partial charge in [-0.25, -0.2) is 4.98 Å². The maximum atomic E-state index is 11.8. The van der Waals surface area contributed by atoms with Crippen molar-refractivity contribution in [3.8, 4) is 0 Å². The SMILES string of the molecule is Cc1ccc2[nH]c(CCCN3C[C@H](C(=O)O)CC3=O)nc2c1C. The number of imidazole rings is 1. The van der Waals surface area contributed by atoms with E-state index in [1.54, 1.807) is 4.90 Å². The largest absolute Gasteiger partial charge is 0.481 e. The molecule has 2 N–H and O–H groups in total. The quantitative estimate of drug-likeness (QED) is 0.884. The van der Waals surface area contributed by atoms with Crippen LogP contribution in [-0.2, 0) is 16.0 Å². The summed E-state index contributed by atoms with van der Waals surface area (Å²) in [5.41, 5.74) is 4.44. The average Bonchev–Trinajstić information content (AvgIpc) is 3.08. The average molecular weight is 315 g/mol. The van der Waals surface area contributed by atoms with E-state index in [0.29, 0.717) is 13.1 Å². The van der Waals surface area contributed by atoms with Crippen LogP contribution in [0, 0.1) is 19.8 Å². The van der Waals surface area contributed by atoms with Crippen molar-refractivity contribution in [1.82, 2.24) is 14.9 Å². The first-order valence-electron chi connectivity index (χ1n) is 7.91. The minimum absolute atomic E-state index is 0.0616. The molecule has 1 fully saturated rings. The Hall–Kier alpha value is -2.37. The third kappa shape index (κ3) is 3.06. The van der Waals surface area contributed by atoms with Crippen LogP contribution in [0.1, 0.15) is 29.8 Å². The number of nitrogens with one attached hydrogen (secondary N) is 1. The molecule has 1 aliphatic heterocycles. The lowest BCUT2D eigenvalue weighted by Crippen LogP contribution is -2.27. The number of carboxylic acids is 1. The molecular weight excluding hydrogens is 294 g/mol. The molecule has 0 bridgehead atoms. The highest BCUT2D eigenvalue weighted by molar-refractivity contribution is 5.86. The first kappa shape index (κ1) is 15.5. The number of aryl methyl sites for hydroxylation is 3. The number of nitrogens with zero attached hydrogens (tertiary/aromatic N) is 2. The fourth-order valence-corrected chi connectivity index (χ4v) is 3.07. The number of hydrogen-bond donors (Lipinski definition) is 2. The lowest BCUT2D eigenvalue weighted by molar-refractivity contribution is -0.141. The summed E-state index contributed by atoms with van der Waals surface area (Å²) < 4.78 is 0. The van der Waals surface area contributed by atoms with Crippen LogP contribution in [0.2, 0.25) is 0 Å². The van der Waals surface area contributed by atoms with Gasteiger partial charge in [0, 0.05) is 25.9 Å². The van der Waals surface area contributed by atoms with Crippen molar-refractivity contribution in [1.29, 1.82) is 0 Å². The van der Waals surface area contributed by atoms with Gasteiger partial charge in [-0.05, 0) is 37.5 Å². The first-order valence-corrected chi connectivity index (χ1v) is 7.91. The Kier molecular flexibility index (Phi) is 4.07. The Morgan fingerprint density at radius 1 is 1.43 bits per heavy atom. The van der Waals surface area contributed by atoms with E-state index in [9.17, 15) is 9.59 Å². The van der Waals surface area contributed by atoms with Crippen LogP contribution in [-0.4, -0.2) is 44.9 Å². The Bertz CT molecular complexity index is 766.